The van der Waals surface area contributed by atoms with Gasteiger partial charge in [-0.05, 0) is 24.6 Å². The summed E-state index contributed by atoms with van der Waals surface area (Å²) in [6, 6.07) is 3.30. The standard InChI is InChI=1S/C9H12BClO4/c1-6-3-7(11)9(10(12)13)8(4-6)15-5-14-2/h3-4,12-13H,5H2,1-2H3. The molecule has 0 amide bonds. The molecule has 0 bridgehead atoms. The minimum atomic E-state index is -1.66. The second-order valence-electron chi connectivity index (χ2n) is 3.08. The fraction of sp³-hybridized carbons (Fsp3) is 0.333. The molecule has 0 aliphatic rings. The van der Waals surface area contributed by atoms with Crippen LogP contribution >= 0.6 is 11.6 Å². The summed E-state index contributed by atoms with van der Waals surface area (Å²) < 4.78 is 9.91. The first-order chi connectivity index (χ1) is 7.06. The number of hydrogen-bond donors (Lipinski definition) is 2. The average Bonchev–Trinajstić information content (AvgIpc) is 2.12. The van der Waals surface area contributed by atoms with Gasteiger partial charge in [-0.3, -0.25) is 0 Å². The number of aryl methyl sites for hydroxylation is 1. The molecule has 0 unspecified atom stereocenters. The smallest absolute Gasteiger partial charge is 0.468 e. The number of methoxy groups -OCH3 is 1. The summed E-state index contributed by atoms with van der Waals surface area (Å²) in [5, 5.41) is 18.5. The van der Waals surface area contributed by atoms with Gasteiger partial charge in [0.2, 0.25) is 0 Å². The number of ether oxygens (including phenoxy) is 2. The normalized spacial score (nSPS) is 10.2. The summed E-state index contributed by atoms with van der Waals surface area (Å²) in [6.07, 6.45) is 0. The van der Waals surface area contributed by atoms with E-state index in [0.29, 0.717) is 5.75 Å². The number of rotatable bonds is 4. The molecule has 0 aromatic heterocycles. The Hall–Kier alpha value is -0.745. The minimum absolute atomic E-state index is 0.0273. The second kappa shape index (κ2) is 5.37. The minimum Gasteiger partial charge on any atom is -0.468 e. The molecule has 0 spiro atoms. The number of halogens is 1. The monoisotopic (exact) mass is 230 g/mol. The van der Waals surface area contributed by atoms with Crippen molar-refractivity contribution in [1.29, 1.82) is 0 Å². The van der Waals surface area contributed by atoms with E-state index in [4.69, 9.17) is 31.1 Å². The van der Waals surface area contributed by atoms with Crippen LogP contribution in [0.2, 0.25) is 5.02 Å². The van der Waals surface area contributed by atoms with Crippen molar-refractivity contribution in [3.8, 4) is 5.75 Å². The predicted octanol–water partition coefficient (Wildman–Crippen LogP) is 0.311. The van der Waals surface area contributed by atoms with Crippen LogP contribution in [0.3, 0.4) is 0 Å². The molecule has 1 rings (SSSR count). The maximum atomic E-state index is 9.13. The Labute approximate surface area is 93.5 Å². The van der Waals surface area contributed by atoms with Crippen LogP contribution in [0.25, 0.3) is 0 Å². The van der Waals surface area contributed by atoms with Crippen LogP contribution in [0.15, 0.2) is 12.1 Å². The number of benzene rings is 1. The van der Waals surface area contributed by atoms with Gasteiger partial charge >= 0.3 is 7.12 Å². The van der Waals surface area contributed by atoms with Crippen molar-refractivity contribution < 1.29 is 19.5 Å². The van der Waals surface area contributed by atoms with Crippen molar-refractivity contribution >= 4 is 24.2 Å². The fourth-order valence-electron chi connectivity index (χ4n) is 1.21. The third kappa shape index (κ3) is 3.10. The van der Waals surface area contributed by atoms with E-state index in [1.165, 1.54) is 7.11 Å². The second-order valence-corrected chi connectivity index (χ2v) is 3.49. The molecule has 0 saturated carbocycles. The Morgan fingerprint density at radius 1 is 1.40 bits per heavy atom. The van der Waals surface area contributed by atoms with E-state index >= 15 is 0 Å². The highest BCUT2D eigenvalue weighted by molar-refractivity contribution is 6.63. The van der Waals surface area contributed by atoms with Crippen molar-refractivity contribution in [3.63, 3.8) is 0 Å². The van der Waals surface area contributed by atoms with Crippen LogP contribution in [0.4, 0.5) is 0 Å². The van der Waals surface area contributed by atoms with Gasteiger partial charge in [0.1, 0.15) is 5.75 Å². The van der Waals surface area contributed by atoms with E-state index in [1.807, 2.05) is 6.92 Å². The molecule has 0 saturated heterocycles. The van der Waals surface area contributed by atoms with Gasteiger partial charge < -0.3 is 19.5 Å². The highest BCUT2D eigenvalue weighted by Crippen LogP contribution is 2.18. The summed E-state index contributed by atoms with van der Waals surface area (Å²) in [7, 11) is -0.183. The van der Waals surface area contributed by atoms with Gasteiger partial charge in [0, 0.05) is 17.6 Å². The maximum absolute atomic E-state index is 9.13. The predicted molar refractivity (Wildman–Crippen MR) is 58.5 cm³/mol. The molecule has 0 radical (unpaired) electrons. The summed E-state index contributed by atoms with van der Waals surface area (Å²) in [5.41, 5.74) is 1.02. The van der Waals surface area contributed by atoms with Gasteiger partial charge in [0.25, 0.3) is 0 Å². The van der Waals surface area contributed by atoms with E-state index in [9.17, 15) is 0 Å². The Balaban J connectivity index is 3.09. The van der Waals surface area contributed by atoms with Crippen LogP contribution < -0.4 is 10.2 Å². The van der Waals surface area contributed by atoms with Crippen LogP contribution in [0.1, 0.15) is 5.56 Å². The Bertz CT molecular complexity index is 343. The zero-order valence-electron chi connectivity index (χ0n) is 8.53. The first-order valence-corrected chi connectivity index (χ1v) is 4.72. The lowest BCUT2D eigenvalue weighted by atomic mass is 9.79. The fourth-order valence-corrected chi connectivity index (χ4v) is 1.58. The van der Waals surface area contributed by atoms with Crippen molar-refractivity contribution in [3.05, 3.63) is 22.7 Å². The molecule has 6 heteroatoms. The average molecular weight is 230 g/mol. The van der Waals surface area contributed by atoms with Gasteiger partial charge in [-0.1, -0.05) is 11.6 Å². The van der Waals surface area contributed by atoms with Crippen molar-refractivity contribution in [1.82, 2.24) is 0 Å². The van der Waals surface area contributed by atoms with E-state index in [-0.39, 0.29) is 17.3 Å². The Kier molecular flexibility index (Phi) is 4.41. The number of hydrogen-bond acceptors (Lipinski definition) is 4. The summed E-state index contributed by atoms with van der Waals surface area (Å²) in [5.74, 6) is 0.317. The molecule has 0 aliphatic heterocycles. The molecule has 0 atom stereocenters. The van der Waals surface area contributed by atoms with E-state index in [1.54, 1.807) is 12.1 Å². The maximum Gasteiger partial charge on any atom is 0.493 e. The van der Waals surface area contributed by atoms with Crippen molar-refractivity contribution in [2.75, 3.05) is 13.9 Å². The zero-order valence-corrected chi connectivity index (χ0v) is 9.28. The van der Waals surface area contributed by atoms with Crippen LogP contribution in [0, 0.1) is 6.92 Å². The molecule has 0 fully saturated rings. The summed E-state index contributed by atoms with van der Waals surface area (Å²) in [4.78, 5) is 0. The van der Waals surface area contributed by atoms with Gasteiger partial charge in [-0.15, -0.1) is 0 Å². The SMILES string of the molecule is COCOc1cc(C)cc(Cl)c1B(O)O. The highest BCUT2D eigenvalue weighted by atomic mass is 35.5. The molecular weight excluding hydrogens is 218 g/mol. The lowest BCUT2D eigenvalue weighted by molar-refractivity contribution is 0.0517. The van der Waals surface area contributed by atoms with Gasteiger partial charge in [0.05, 0.1) is 0 Å². The summed E-state index contributed by atoms with van der Waals surface area (Å²) >= 11 is 5.87. The molecule has 1 aromatic carbocycles. The van der Waals surface area contributed by atoms with Crippen molar-refractivity contribution in [2.45, 2.75) is 6.92 Å². The molecule has 82 valence electrons. The molecule has 4 nitrogen and oxygen atoms in total. The highest BCUT2D eigenvalue weighted by Gasteiger charge is 2.21. The third-order valence-electron chi connectivity index (χ3n) is 1.83. The van der Waals surface area contributed by atoms with Crippen LogP contribution in [-0.2, 0) is 4.74 Å². The summed E-state index contributed by atoms with van der Waals surface area (Å²) in [6.45, 7) is 1.86. The van der Waals surface area contributed by atoms with Crippen LogP contribution in [0.5, 0.6) is 5.75 Å². The van der Waals surface area contributed by atoms with E-state index in [0.717, 1.165) is 5.56 Å². The molecular formula is C9H12BClO4. The quantitative estimate of drug-likeness (QED) is 0.577. The molecule has 15 heavy (non-hydrogen) atoms. The van der Waals surface area contributed by atoms with E-state index in [2.05, 4.69) is 0 Å². The van der Waals surface area contributed by atoms with Gasteiger partial charge in [-0.2, -0.15) is 0 Å². The molecule has 0 aliphatic carbocycles. The zero-order chi connectivity index (χ0) is 11.4. The molecule has 0 heterocycles. The lowest BCUT2D eigenvalue weighted by Crippen LogP contribution is -2.32. The topological polar surface area (TPSA) is 58.9 Å². The molecule has 2 N–H and O–H groups in total. The van der Waals surface area contributed by atoms with E-state index < -0.39 is 7.12 Å². The lowest BCUT2D eigenvalue weighted by Gasteiger charge is -2.12. The molecule has 1 aromatic rings. The first kappa shape index (κ1) is 12.3. The Morgan fingerprint density at radius 2 is 2.07 bits per heavy atom. The third-order valence-corrected chi connectivity index (χ3v) is 2.14. The van der Waals surface area contributed by atoms with Crippen LogP contribution in [-0.4, -0.2) is 31.1 Å². The van der Waals surface area contributed by atoms with Gasteiger partial charge in [-0.25, -0.2) is 0 Å². The van der Waals surface area contributed by atoms with Gasteiger partial charge in [0.15, 0.2) is 6.79 Å². The van der Waals surface area contributed by atoms with Crippen molar-refractivity contribution in [2.24, 2.45) is 0 Å². The largest absolute Gasteiger partial charge is 0.493 e. The first-order valence-electron chi connectivity index (χ1n) is 4.34. The Morgan fingerprint density at radius 3 is 2.60 bits per heavy atom.